The smallest absolute Gasteiger partial charge is 0.141 e. The van der Waals surface area contributed by atoms with Crippen molar-refractivity contribution in [1.82, 2.24) is 0 Å². The maximum atomic E-state index is 13.2. The van der Waals surface area contributed by atoms with Gasteiger partial charge in [-0.3, -0.25) is 0 Å². The summed E-state index contributed by atoms with van der Waals surface area (Å²) >= 11 is 5.86. The van der Waals surface area contributed by atoms with E-state index in [4.69, 9.17) is 11.6 Å². The Labute approximate surface area is 136 Å². The van der Waals surface area contributed by atoms with Crippen molar-refractivity contribution >= 4 is 11.6 Å². The first-order valence-electron chi connectivity index (χ1n) is 7.85. The zero-order valence-electron chi connectivity index (χ0n) is 12.6. The highest BCUT2D eigenvalue weighted by atomic mass is 35.5. The highest BCUT2D eigenvalue weighted by Crippen LogP contribution is 2.36. The van der Waals surface area contributed by atoms with Crippen LogP contribution >= 0.6 is 11.6 Å². The van der Waals surface area contributed by atoms with E-state index in [9.17, 15) is 4.39 Å². The fourth-order valence-corrected chi connectivity index (χ4v) is 3.49. The van der Waals surface area contributed by atoms with Crippen LogP contribution in [0, 0.1) is 11.7 Å². The van der Waals surface area contributed by atoms with E-state index >= 15 is 0 Å². The Balaban J connectivity index is 1.75. The van der Waals surface area contributed by atoms with Crippen LogP contribution in [0.4, 0.5) is 4.39 Å². The number of benzene rings is 2. The van der Waals surface area contributed by atoms with Crippen molar-refractivity contribution in [3.63, 3.8) is 0 Å². The lowest BCUT2D eigenvalue weighted by atomic mass is 9.78. The summed E-state index contributed by atoms with van der Waals surface area (Å²) in [6.07, 6.45) is 7.04. The SMILES string of the molecule is C=C[C@H]1CC[C@H](c2ccc(-c3ccc(F)c(Cl)c3)cc2)CC1. The third-order valence-corrected chi connectivity index (χ3v) is 5.03. The fraction of sp³-hybridized carbons (Fsp3) is 0.300. The summed E-state index contributed by atoms with van der Waals surface area (Å²) in [5.41, 5.74) is 3.43. The molecule has 0 saturated heterocycles. The third kappa shape index (κ3) is 3.25. The lowest BCUT2D eigenvalue weighted by molar-refractivity contribution is 0.376. The van der Waals surface area contributed by atoms with Crippen molar-refractivity contribution in [2.45, 2.75) is 31.6 Å². The van der Waals surface area contributed by atoms with Crippen LogP contribution in [-0.2, 0) is 0 Å². The zero-order valence-corrected chi connectivity index (χ0v) is 13.3. The van der Waals surface area contributed by atoms with E-state index in [2.05, 4.69) is 36.9 Å². The van der Waals surface area contributed by atoms with Crippen molar-refractivity contribution in [3.8, 4) is 11.1 Å². The van der Waals surface area contributed by atoms with E-state index in [1.54, 1.807) is 12.1 Å². The van der Waals surface area contributed by atoms with Gasteiger partial charge in [-0.15, -0.1) is 6.58 Å². The van der Waals surface area contributed by atoms with Gasteiger partial charge in [0.25, 0.3) is 0 Å². The number of allylic oxidation sites excluding steroid dienone is 1. The molecule has 0 unspecified atom stereocenters. The van der Waals surface area contributed by atoms with Gasteiger partial charge in [0.05, 0.1) is 5.02 Å². The predicted octanol–water partition coefficient (Wildman–Crippen LogP) is 6.61. The minimum atomic E-state index is -0.374. The predicted molar refractivity (Wildman–Crippen MR) is 91.7 cm³/mol. The van der Waals surface area contributed by atoms with Gasteiger partial charge in [0.15, 0.2) is 0 Å². The maximum Gasteiger partial charge on any atom is 0.141 e. The van der Waals surface area contributed by atoms with Crippen LogP contribution in [0.2, 0.25) is 5.02 Å². The van der Waals surface area contributed by atoms with E-state index in [0.29, 0.717) is 11.8 Å². The molecule has 0 aliphatic heterocycles. The fourth-order valence-electron chi connectivity index (χ4n) is 3.31. The second kappa shape index (κ2) is 6.66. The van der Waals surface area contributed by atoms with Crippen LogP contribution in [-0.4, -0.2) is 0 Å². The van der Waals surface area contributed by atoms with E-state index in [0.717, 1.165) is 11.1 Å². The first-order valence-corrected chi connectivity index (χ1v) is 8.23. The largest absolute Gasteiger partial charge is 0.205 e. The average molecular weight is 315 g/mol. The normalized spacial score (nSPS) is 21.5. The average Bonchev–Trinajstić information content (AvgIpc) is 2.58. The van der Waals surface area contributed by atoms with E-state index in [-0.39, 0.29) is 10.8 Å². The van der Waals surface area contributed by atoms with Crippen molar-refractivity contribution < 1.29 is 4.39 Å². The molecule has 0 spiro atoms. The molecule has 114 valence electrons. The van der Waals surface area contributed by atoms with Gasteiger partial charge in [0, 0.05) is 0 Å². The molecule has 1 aliphatic rings. The molecule has 2 heteroatoms. The monoisotopic (exact) mass is 314 g/mol. The topological polar surface area (TPSA) is 0 Å². The Morgan fingerprint density at radius 3 is 2.18 bits per heavy atom. The van der Waals surface area contributed by atoms with Crippen molar-refractivity contribution in [1.29, 1.82) is 0 Å². The van der Waals surface area contributed by atoms with Crippen LogP contribution in [0.15, 0.2) is 55.1 Å². The Bertz CT molecular complexity index is 652. The van der Waals surface area contributed by atoms with Crippen LogP contribution in [0.1, 0.15) is 37.2 Å². The minimum absolute atomic E-state index is 0.171. The van der Waals surface area contributed by atoms with Crippen molar-refractivity contribution in [3.05, 3.63) is 71.5 Å². The summed E-state index contributed by atoms with van der Waals surface area (Å²) < 4.78 is 13.2. The summed E-state index contributed by atoms with van der Waals surface area (Å²) in [6, 6.07) is 13.5. The van der Waals surface area contributed by atoms with Gasteiger partial charge in [-0.1, -0.05) is 48.0 Å². The highest BCUT2D eigenvalue weighted by Gasteiger charge is 2.20. The zero-order chi connectivity index (χ0) is 15.5. The second-order valence-corrected chi connectivity index (χ2v) is 6.51. The number of rotatable bonds is 3. The Kier molecular flexibility index (Phi) is 4.63. The molecule has 0 nitrogen and oxygen atoms in total. The van der Waals surface area contributed by atoms with Gasteiger partial charge in [-0.2, -0.15) is 0 Å². The lowest BCUT2D eigenvalue weighted by Gasteiger charge is -2.27. The molecule has 1 aliphatic carbocycles. The second-order valence-electron chi connectivity index (χ2n) is 6.10. The summed E-state index contributed by atoms with van der Waals surface area (Å²) in [4.78, 5) is 0. The Morgan fingerprint density at radius 2 is 1.59 bits per heavy atom. The molecule has 3 rings (SSSR count). The van der Waals surface area contributed by atoms with Crippen molar-refractivity contribution in [2.24, 2.45) is 5.92 Å². The first kappa shape index (κ1) is 15.3. The molecule has 1 saturated carbocycles. The van der Waals surface area contributed by atoms with E-state index in [1.807, 2.05) is 0 Å². The van der Waals surface area contributed by atoms with Gasteiger partial charge in [-0.05, 0) is 66.3 Å². The number of hydrogen-bond donors (Lipinski definition) is 0. The van der Waals surface area contributed by atoms with E-state index < -0.39 is 0 Å². The molecule has 2 aromatic rings. The molecule has 0 radical (unpaired) electrons. The molecule has 2 aromatic carbocycles. The maximum absolute atomic E-state index is 13.2. The Morgan fingerprint density at radius 1 is 0.955 bits per heavy atom. The molecule has 0 aromatic heterocycles. The minimum Gasteiger partial charge on any atom is -0.205 e. The summed E-state index contributed by atoms with van der Waals surface area (Å²) in [7, 11) is 0. The van der Waals surface area contributed by atoms with Gasteiger partial charge in [0.1, 0.15) is 5.82 Å². The molecular formula is C20H20ClF. The lowest BCUT2D eigenvalue weighted by Crippen LogP contribution is -2.11. The first-order chi connectivity index (χ1) is 10.7. The third-order valence-electron chi connectivity index (χ3n) is 4.74. The molecular weight excluding hydrogens is 295 g/mol. The molecule has 0 bridgehead atoms. The quantitative estimate of drug-likeness (QED) is 0.559. The van der Waals surface area contributed by atoms with E-state index in [1.165, 1.54) is 37.3 Å². The van der Waals surface area contributed by atoms with Crippen LogP contribution in [0.3, 0.4) is 0 Å². The molecule has 0 atom stereocenters. The number of halogens is 2. The Hall–Kier alpha value is -1.60. The molecule has 22 heavy (non-hydrogen) atoms. The van der Waals surface area contributed by atoms with Crippen LogP contribution in [0.5, 0.6) is 0 Å². The molecule has 0 heterocycles. The molecule has 0 N–H and O–H groups in total. The summed E-state index contributed by atoms with van der Waals surface area (Å²) in [6.45, 7) is 3.90. The van der Waals surface area contributed by atoms with Crippen molar-refractivity contribution in [2.75, 3.05) is 0 Å². The van der Waals surface area contributed by atoms with Crippen LogP contribution in [0.25, 0.3) is 11.1 Å². The molecule has 1 fully saturated rings. The number of hydrogen-bond acceptors (Lipinski definition) is 0. The van der Waals surface area contributed by atoms with Gasteiger partial charge < -0.3 is 0 Å². The van der Waals surface area contributed by atoms with Gasteiger partial charge >= 0.3 is 0 Å². The summed E-state index contributed by atoms with van der Waals surface area (Å²) in [5, 5.41) is 0.171. The highest BCUT2D eigenvalue weighted by molar-refractivity contribution is 6.31. The standard InChI is InChI=1S/C20H20ClF/c1-2-14-3-5-15(6-4-14)16-7-9-17(10-8-16)18-11-12-20(22)19(21)13-18/h2,7-15H,1,3-6H2/t14-,15-. The molecule has 0 amide bonds. The van der Waals surface area contributed by atoms with Gasteiger partial charge in [-0.25, -0.2) is 4.39 Å². The summed E-state index contributed by atoms with van der Waals surface area (Å²) in [5.74, 6) is 0.972. The van der Waals surface area contributed by atoms with Crippen LogP contribution < -0.4 is 0 Å². The van der Waals surface area contributed by atoms with Gasteiger partial charge in [0.2, 0.25) is 0 Å².